The van der Waals surface area contributed by atoms with Crippen molar-refractivity contribution >= 4 is 27.3 Å². The van der Waals surface area contributed by atoms with Crippen LogP contribution in [0.1, 0.15) is 21.5 Å². The molecule has 138 valence electrons. The first kappa shape index (κ1) is 18.7. The maximum absolute atomic E-state index is 12.6. The maximum atomic E-state index is 12.6. The van der Waals surface area contributed by atoms with Crippen LogP contribution in [0.25, 0.3) is 0 Å². The molecule has 0 unspecified atom stereocenters. The Morgan fingerprint density at radius 2 is 1.48 bits per heavy atom. The molecule has 0 spiro atoms. The van der Waals surface area contributed by atoms with E-state index in [0.29, 0.717) is 11.4 Å². The second-order valence-electron chi connectivity index (χ2n) is 6.32. The number of hydrogen-bond donors (Lipinski definition) is 2. The van der Waals surface area contributed by atoms with Crippen LogP contribution in [0.15, 0.2) is 77.7 Å². The second kappa shape index (κ2) is 7.63. The third kappa shape index (κ3) is 4.74. The van der Waals surface area contributed by atoms with E-state index < -0.39 is 10.0 Å². The van der Waals surface area contributed by atoms with Crippen LogP contribution in [0.4, 0.5) is 11.4 Å². The van der Waals surface area contributed by atoms with E-state index in [1.54, 1.807) is 30.3 Å². The first-order chi connectivity index (χ1) is 12.8. The van der Waals surface area contributed by atoms with Crippen molar-refractivity contribution in [2.45, 2.75) is 18.7 Å². The summed E-state index contributed by atoms with van der Waals surface area (Å²) in [4.78, 5) is 12.5. The predicted molar refractivity (Wildman–Crippen MR) is 108 cm³/mol. The summed E-state index contributed by atoms with van der Waals surface area (Å²) in [6.45, 7) is 3.86. The highest BCUT2D eigenvalue weighted by Gasteiger charge is 2.16. The van der Waals surface area contributed by atoms with Gasteiger partial charge in [0.1, 0.15) is 0 Å². The number of hydrogen-bond acceptors (Lipinski definition) is 3. The highest BCUT2D eigenvalue weighted by Crippen LogP contribution is 2.19. The summed E-state index contributed by atoms with van der Waals surface area (Å²) in [5.41, 5.74) is 3.45. The average molecular weight is 380 g/mol. The lowest BCUT2D eigenvalue weighted by Crippen LogP contribution is -2.16. The zero-order valence-corrected chi connectivity index (χ0v) is 15.9. The summed E-state index contributed by atoms with van der Waals surface area (Å²) in [5.74, 6) is -0.368. The molecule has 0 aromatic heterocycles. The number of anilines is 2. The molecule has 27 heavy (non-hydrogen) atoms. The summed E-state index contributed by atoms with van der Waals surface area (Å²) < 4.78 is 27.8. The molecular formula is C21H20N2O3S. The molecule has 2 N–H and O–H groups in total. The fourth-order valence-electron chi connectivity index (χ4n) is 2.57. The number of amides is 1. The van der Waals surface area contributed by atoms with Crippen LogP contribution in [0, 0.1) is 13.8 Å². The van der Waals surface area contributed by atoms with Crippen LogP contribution in [-0.4, -0.2) is 14.3 Å². The molecule has 3 rings (SSSR count). The Morgan fingerprint density at radius 3 is 2.19 bits per heavy atom. The average Bonchev–Trinajstić information content (AvgIpc) is 2.63. The molecule has 0 aliphatic rings. The van der Waals surface area contributed by atoms with Crippen LogP contribution < -0.4 is 10.0 Å². The lowest BCUT2D eigenvalue weighted by atomic mass is 10.2. The summed E-state index contributed by atoms with van der Waals surface area (Å²) in [6.07, 6.45) is 0. The number of rotatable bonds is 5. The highest BCUT2D eigenvalue weighted by molar-refractivity contribution is 7.92. The van der Waals surface area contributed by atoms with Gasteiger partial charge in [-0.25, -0.2) is 8.42 Å². The van der Waals surface area contributed by atoms with E-state index in [0.717, 1.165) is 11.1 Å². The first-order valence-electron chi connectivity index (χ1n) is 8.41. The zero-order chi connectivity index (χ0) is 19.4. The number of benzene rings is 3. The molecule has 0 fully saturated rings. The van der Waals surface area contributed by atoms with Crippen LogP contribution in [0.3, 0.4) is 0 Å². The summed E-state index contributed by atoms with van der Waals surface area (Å²) in [6, 6.07) is 20.4. The molecule has 0 aliphatic heterocycles. The molecule has 0 saturated carbocycles. The van der Waals surface area contributed by atoms with Crippen molar-refractivity contribution in [3.05, 3.63) is 89.5 Å². The van der Waals surface area contributed by atoms with Gasteiger partial charge in [-0.2, -0.15) is 0 Å². The Bertz CT molecular complexity index is 1070. The van der Waals surface area contributed by atoms with Crippen molar-refractivity contribution in [2.24, 2.45) is 0 Å². The lowest BCUT2D eigenvalue weighted by molar-refractivity contribution is 0.102. The highest BCUT2D eigenvalue weighted by atomic mass is 32.2. The fraction of sp³-hybridized carbons (Fsp3) is 0.0952. The smallest absolute Gasteiger partial charge is 0.261 e. The SMILES string of the molecule is Cc1ccc(NS(=O)(=O)c2cccc(C(=O)Nc3cccc(C)c3)c2)cc1. The van der Waals surface area contributed by atoms with Crippen LogP contribution >= 0.6 is 0 Å². The zero-order valence-electron chi connectivity index (χ0n) is 15.1. The molecule has 5 nitrogen and oxygen atoms in total. The standard InChI is InChI=1S/C21H20N2O3S/c1-15-9-11-18(12-10-15)23-27(25,26)20-8-4-6-17(14-20)21(24)22-19-7-3-5-16(2)13-19/h3-14,23H,1-2H3,(H,22,24). The monoisotopic (exact) mass is 380 g/mol. The van der Waals surface area contributed by atoms with Gasteiger partial charge in [-0.3, -0.25) is 9.52 Å². The number of nitrogens with one attached hydrogen (secondary N) is 2. The van der Waals surface area contributed by atoms with Gasteiger partial charge in [-0.05, 0) is 61.9 Å². The summed E-state index contributed by atoms with van der Waals surface area (Å²) >= 11 is 0. The second-order valence-corrected chi connectivity index (χ2v) is 8.01. The van der Waals surface area contributed by atoms with Gasteiger partial charge in [-0.1, -0.05) is 35.9 Å². The van der Waals surface area contributed by atoms with Gasteiger partial charge in [-0.15, -0.1) is 0 Å². The largest absolute Gasteiger partial charge is 0.322 e. The molecule has 0 heterocycles. The first-order valence-corrected chi connectivity index (χ1v) is 9.89. The Balaban J connectivity index is 1.81. The summed E-state index contributed by atoms with van der Waals surface area (Å²) in [5, 5.41) is 2.78. The molecule has 0 bridgehead atoms. The van der Waals surface area contributed by atoms with E-state index in [4.69, 9.17) is 0 Å². The molecule has 6 heteroatoms. The van der Waals surface area contributed by atoms with Gasteiger partial charge in [0.2, 0.25) is 0 Å². The van der Waals surface area contributed by atoms with Gasteiger partial charge in [0.05, 0.1) is 4.90 Å². The van der Waals surface area contributed by atoms with Crippen molar-refractivity contribution in [3.63, 3.8) is 0 Å². The van der Waals surface area contributed by atoms with E-state index in [2.05, 4.69) is 10.0 Å². The third-order valence-corrected chi connectivity index (χ3v) is 5.37. The number of sulfonamides is 1. The van der Waals surface area contributed by atoms with E-state index in [1.165, 1.54) is 12.1 Å². The van der Waals surface area contributed by atoms with Gasteiger partial charge in [0.25, 0.3) is 15.9 Å². The Labute approximate surface area is 159 Å². The third-order valence-electron chi connectivity index (χ3n) is 3.99. The maximum Gasteiger partial charge on any atom is 0.261 e. The topological polar surface area (TPSA) is 75.3 Å². The molecule has 0 radical (unpaired) electrons. The summed E-state index contributed by atoms with van der Waals surface area (Å²) in [7, 11) is -3.79. The Hall–Kier alpha value is -3.12. The molecule has 0 atom stereocenters. The lowest BCUT2D eigenvalue weighted by Gasteiger charge is -2.10. The minimum atomic E-state index is -3.79. The van der Waals surface area contributed by atoms with E-state index >= 15 is 0 Å². The van der Waals surface area contributed by atoms with Gasteiger partial charge in [0, 0.05) is 16.9 Å². The van der Waals surface area contributed by atoms with Crippen LogP contribution in [0.5, 0.6) is 0 Å². The van der Waals surface area contributed by atoms with E-state index in [9.17, 15) is 13.2 Å². The van der Waals surface area contributed by atoms with Gasteiger partial charge < -0.3 is 5.32 Å². The van der Waals surface area contributed by atoms with E-state index in [1.807, 2.05) is 44.2 Å². The van der Waals surface area contributed by atoms with Crippen molar-refractivity contribution in [2.75, 3.05) is 10.0 Å². The van der Waals surface area contributed by atoms with Crippen LogP contribution in [-0.2, 0) is 10.0 Å². The molecule has 0 saturated heterocycles. The van der Waals surface area contributed by atoms with Crippen LogP contribution in [0.2, 0.25) is 0 Å². The fourth-order valence-corrected chi connectivity index (χ4v) is 3.67. The number of carbonyl (C=O) groups excluding carboxylic acids is 1. The minimum absolute atomic E-state index is 0.0277. The van der Waals surface area contributed by atoms with E-state index in [-0.39, 0.29) is 16.4 Å². The van der Waals surface area contributed by atoms with Gasteiger partial charge in [0.15, 0.2) is 0 Å². The number of aryl methyl sites for hydroxylation is 2. The van der Waals surface area contributed by atoms with Crippen molar-refractivity contribution in [1.29, 1.82) is 0 Å². The van der Waals surface area contributed by atoms with Crippen molar-refractivity contribution in [3.8, 4) is 0 Å². The molecular weight excluding hydrogens is 360 g/mol. The Morgan fingerprint density at radius 1 is 0.778 bits per heavy atom. The molecule has 0 aliphatic carbocycles. The quantitative estimate of drug-likeness (QED) is 0.691. The Kier molecular flexibility index (Phi) is 5.28. The molecule has 3 aromatic rings. The predicted octanol–water partition coefficient (Wildman–Crippen LogP) is 4.36. The van der Waals surface area contributed by atoms with Crippen molar-refractivity contribution in [1.82, 2.24) is 0 Å². The molecule has 3 aromatic carbocycles. The van der Waals surface area contributed by atoms with Crippen molar-refractivity contribution < 1.29 is 13.2 Å². The van der Waals surface area contributed by atoms with Gasteiger partial charge >= 0.3 is 0 Å². The normalized spacial score (nSPS) is 11.0. The molecule has 1 amide bonds. The minimum Gasteiger partial charge on any atom is -0.322 e. The number of carbonyl (C=O) groups is 1.